The molecule has 0 aromatic heterocycles. The van der Waals surface area contributed by atoms with Crippen molar-refractivity contribution >= 4 is 39.8 Å². The first-order chi connectivity index (χ1) is 15.6. The third-order valence-electron chi connectivity index (χ3n) is 5.08. The molecule has 1 heterocycles. The second-order valence-electron chi connectivity index (χ2n) is 7.51. The fraction of sp³-hybridized carbons (Fsp3) is 0.192. The number of nitrogens with zero attached hydrogens (tertiary/aromatic N) is 2. The van der Waals surface area contributed by atoms with E-state index in [1.54, 1.807) is 7.11 Å². The van der Waals surface area contributed by atoms with Crippen LogP contribution >= 0.6 is 11.8 Å². The van der Waals surface area contributed by atoms with Gasteiger partial charge in [-0.15, -0.1) is 11.8 Å². The molecule has 0 fully saturated rings. The molecule has 4 rings (SSSR count). The number of fused-ring (bicyclic) bond motifs is 1. The number of aryl methyl sites for hydroxylation is 1. The zero-order valence-electron chi connectivity index (χ0n) is 18.2. The Morgan fingerprint density at radius 1 is 1.00 bits per heavy atom. The lowest BCUT2D eigenvalue weighted by Crippen LogP contribution is -2.25. The zero-order valence-corrected chi connectivity index (χ0v) is 19.0. The van der Waals surface area contributed by atoms with E-state index in [0.717, 1.165) is 39.0 Å². The van der Waals surface area contributed by atoms with Crippen LogP contribution in [0.5, 0.6) is 5.75 Å². The van der Waals surface area contributed by atoms with Gasteiger partial charge in [-0.05, 0) is 42.3 Å². The molecule has 0 unspecified atom stereocenters. The molecule has 162 valence electrons. The van der Waals surface area contributed by atoms with Crippen LogP contribution in [0.25, 0.3) is 0 Å². The summed E-state index contributed by atoms with van der Waals surface area (Å²) in [7, 11) is 1.63. The molecule has 0 radical (unpaired) electrons. The van der Waals surface area contributed by atoms with E-state index in [1.807, 2.05) is 48.5 Å². The van der Waals surface area contributed by atoms with E-state index in [4.69, 9.17) is 14.7 Å². The van der Waals surface area contributed by atoms with Crippen LogP contribution in [-0.4, -0.2) is 29.5 Å². The standard InChI is InChI=1S/C26H25N3O2S/c1-18-10-12-20(13-11-18)24-15-26(29-23-9-4-3-8-22(23)28-24)32-17-25(30)27-16-19-6-5-7-21(14-19)31-2/h3-14H,15-17H2,1-2H3,(H,27,30). The predicted octanol–water partition coefficient (Wildman–Crippen LogP) is 5.61. The topological polar surface area (TPSA) is 63.0 Å². The van der Waals surface area contributed by atoms with Crippen LogP contribution in [0, 0.1) is 6.92 Å². The molecule has 1 aliphatic rings. The van der Waals surface area contributed by atoms with E-state index in [9.17, 15) is 4.79 Å². The van der Waals surface area contributed by atoms with Gasteiger partial charge in [0, 0.05) is 13.0 Å². The number of amides is 1. The van der Waals surface area contributed by atoms with Crippen LogP contribution in [0.15, 0.2) is 82.8 Å². The Morgan fingerprint density at radius 2 is 1.75 bits per heavy atom. The summed E-state index contributed by atoms with van der Waals surface area (Å²) in [4.78, 5) is 22.2. The number of ether oxygens (including phenoxy) is 1. The molecule has 0 bridgehead atoms. The van der Waals surface area contributed by atoms with Gasteiger partial charge in [-0.1, -0.05) is 54.1 Å². The second kappa shape index (κ2) is 10.3. The molecule has 1 N–H and O–H groups in total. The third kappa shape index (κ3) is 5.65. The van der Waals surface area contributed by atoms with E-state index < -0.39 is 0 Å². The number of benzene rings is 3. The maximum atomic E-state index is 12.5. The molecule has 6 heteroatoms. The SMILES string of the molecule is COc1cccc(CNC(=O)CSC2=Nc3ccccc3N=C(c3ccc(C)cc3)C2)c1. The number of thioether (sulfide) groups is 1. The second-order valence-corrected chi connectivity index (χ2v) is 8.56. The summed E-state index contributed by atoms with van der Waals surface area (Å²) in [6.45, 7) is 2.53. The van der Waals surface area contributed by atoms with Crippen molar-refractivity contribution in [1.82, 2.24) is 5.32 Å². The van der Waals surface area contributed by atoms with Gasteiger partial charge in [-0.25, -0.2) is 4.99 Å². The van der Waals surface area contributed by atoms with Crippen molar-refractivity contribution in [1.29, 1.82) is 0 Å². The van der Waals surface area contributed by atoms with Crippen LogP contribution in [0.3, 0.4) is 0 Å². The molecule has 32 heavy (non-hydrogen) atoms. The Morgan fingerprint density at radius 3 is 2.50 bits per heavy atom. The monoisotopic (exact) mass is 443 g/mol. The Kier molecular flexibility index (Phi) is 7.02. The van der Waals surface area contributed by atoms with Crippen molar-refractivity contribution < 1.29 is 9.53 Å². The van der Waals surface area contributed by atoms with Crippen molar-refractivity contribution in [2.75, 3.05) is 12.9 Å². The largest absolute Gasteiger partial charge is 0.497 e. The minimum absolute atomic E-state index is 0.0353. The van der Waals surface area contributed by atoms with E-state index in [-0.39, 0.29) is 5.91 Å². The minimum Gasteiger partial charge on any atom is -0.497 e. The average molecular weight is 444 g/mol. The summed E-state index contributed by atoms with van der Waals surface area (Å²) in [5.41, 5.74) is 5.91. The van der Waals surface area contributed by atoms with Crippen LogP contribution in [-0.2, 0) is 11.3 Å². The maximum Gasteiger partial charge on any atom is 0.230 e. The highest BCUT2D eigenvalue weighted by Gasteiger charge is 2.16. The number of hydrogen-bond donors (Lipinski definition) is 1. The highest BCUT2D eigenvalue weighted by atomic mass is 32.2. The van der Waals surface area contributed by atoms with Crippen LogP contribution in [0.1, 0.15) is 23.1 Å². The van der Waals surface area contributed by atoms with E-state index in [0.29, 0.717) is 18.7 Å². The molecule has 0 spiro atoms. The molecule has 3 aromatic rings. The van der Waals surface area contributed by atoms with Gasteiger partial charge in [0.25, 0.3) is 0 Å². The van der Waals surface area contributed by atoms with Crippen LogP contribution in [0.2, 0.25) is 0 Å². The molecule has 5 nitrogen and oxygen atoms in total. The summed E-state index contributed by atoms with van der Waals surface area (Å²) < 4.78 is 5.24. The van der Waals surface area contributed by atoms with Gasteiger partial charge in [0.2, 0.25) is 5.91 Å². The molecule has 3 aromatic carbocycles. The summed E-state index contributed by atoms with van der Waals surface area (Å²) >= 11 is 1.46. The number of carbonyl (C=O) groups is 1. The Labute approximate surface area is 192 Å². The highest BCUT2D eigenvalue weighted by Crippen LogP contribution is 2.33. The fourth-order valence-corrected chi connectivity index (χ4v) is 4.14. The summed E-state index contributed by atoms with van der Waals surface area (Å²) in [5.74, 6) is 1.04. The molecular weight excluding hydrogens is 418 g/mol. The molecule has 0 saturated carbocycles. The maximum absolute atomic E-state index is 12.5. The molecule has 0 atom stereocenters. The summed E-state index contributed by atoms with van der Waals surface area (Å²) in [5, 5.41) is 3.85. The summed E-state index contributed by atoms with van der Waals surface area (Å²) in [6.07, 6.45) is 0.589. The van der Waals surface area contributed by atoms with Gasteiger partial charge in [-0.3, -0.25) is 9.79 Å². The van der Waals surface area contributed by atoms with Crippen LogP contribution in [0.4, 0.5) is 11.4 Å². The lowest BCUT2D eigenvalue weighted by molar-refractivity contribution is -0.118. The van der Waals surface area contributed by atoms with Crippen molar-refractivity contribution in [2.24, 2.45) is 9.98 Å². The zero-order chi connectivity index (χ0) is 22.3. The number of methoxy groups -OCH3 is 1. The number of nitrogens with one attached hydrogen (secondary N) is 1. The molecule has 1 amide bonds. The molecular formula is C26H25N3O2S. The van der Waals surface area contributed by atoms with E-state index in [1.165, 1.54) is 17.3 Å². The Balaban J connectivity index is 1.44. The first kappa shape index (κ1) is 21.8. The first-order valence-corrected chi connectivity index (χ1v) is 11.4. The Hall–Kier alpha value is -3.38. The van der Waals surface area contributed by atoms with Gasteiger partial charge in [0.05, 0.1) is 35.0 Å². The average Bonchev–Trinajstić information content (AvgIpc) is 3.01. The molecule has 0 saturated heterocycles. The number of para-hydroxylation sites is 2. The normalized spacial score (nSPS) is 12.8. The van der Waals surface area contributed by atoms with Gasteiger partial charge in [0.1, 0.15) is 5.75 Å². The van der Waals surface area contributed by atoms with Gasteiger partial charge < -0.3 is 10.1 Å². The van der Waals surface area contributed by atoms with Gasteiger partial charge in [-0.2, -0.15) is 0 Å². The van der Waals surface area contributed by atoms with Crippen molar-refractivity contribution in [3.8, 4) is 5.75 Å². The Bertz CT molecular complexity index is 1170. The number of carbonyl (C=O) groups excluding carboxylic acids is 1. The predicted molar refractivity (Wildman–Crippen MR) is 133 cm³/mol. The fourth-order valence-electron chi connectivity index (χ4n) is 3.33. The van der Waals surface area contributed by atoms with E-state index >= 15 is 0 Å². The number of rotatable bonds is 6. The van der Waals surface area contributed by atoms with Crippen molar-refractivity contribution in [2.45, 2.75) is 19.9 Å². The third-order valence-corrected chi connectivity index (χ3v) is 6.05. The lowest BCUT2D eigenvalue weighted by Gasteiger charge is -2.09. The lowest BCUT2D eigenvalue weighted by atomic mass is 10.1. The quantitative estimate of drug-likeness (QED) is 0.539. The van der Waals surface area contributed by atoms with E-state index in [2.05, 4.69) is 36.5 Å². The smallest absolute Gasteiger partial charge is 0.230 e. The van der Waals surface area contributed by atoms with Crippen molar-refractivity contribution in [3.05, 3.63) is 89.5 Å². The van der Waals surface area contributed by atoms with Gasteiger partial charge >= 0.3 is 0 Å². The van der Waals surface area contributed by atoms with Crippen molar-refractivity contribution in [3.63, 3.8) is 0 Å². The van der Waals surface area contributed by atoms with Crippen LogP contribution < -0.4 is 10.1 Å². The first-order valence-electron chi connectivity index (χ1n) is 10.4. The molecule has 1 aliphatic heterocycles. The number of hydrogen-bond acceptors (Lipinski definition) is 5. The summed E-state index contributed by atoms with van der Waals surface area (Å²) in [6, 6.07) is 23.9. The minimum atomic E-state index is -0.0353. The van der Waals surface area contributed by atoms with Gasteiger partial charge in [0.15, 0.2) is 0 Å². The molecule has 0 aliphatic carbocycles. The highest BCUT2D eigenvalue weighted by molar-refractivity contribution is 8.14. The number of aliphatic imine (C=N–C) groups is 2.